The molecule has 1 amide bonds. The Morgan fingerprint density at radius 1 is 1.17 bits per heavy atom. The zero-order chi connectivity index (χ0) is 20.9. The molecule has 0 radical (unpaired) electrons. The summed E-state index contributed by atoms with van der Waals surface area (Å²) in [5.41, 5.74) is 3.86. The van der Waals surface area contributed by atoms with Crippen molar-refractivity contribution in [3.05, 3.63) is 60.2 Å². The molecular formula is C23H26N4O3. The van der Waals surface area contributed by atoms with Crippen molar-refractivity contribution in [1.29, 1.82) is 0 Å². The number of aromatic nitrogens is 3. The molecule has 1 atom stereocenters. The van der Waals surface area contributed by atoms with E-state index < -0.39 is 0 Å². The number of H-pyrrole nitrogens is 1. The van der Waals surface area contributed by atoms with Gasteiger partial charge in [-0.25, -0.2) is 0 Å². The monoisotopic (exact) mass is 406 g/mol. The van der Waals surface area contributed by atoms with Crippen LogP contribution in [0.4, 0.5) is 0 Å². The maximum atomic E-state index is 13.4. The maximum absolute atomic E-state index is 13.4. The van der Waals surface area contributed by atoms with Crippen LogP contribution in [0.2, 0.25) is 0 Å². The van der Waals surface area contributed by atoms with Crippen molar-refractivity contribution in [3.63, 3.8) is 0 Å². The molecular weight excluding hydrogens is 380 g/mol. The second-order valence-corrected chi connectivity index (χ2v) is 7.39. The number of carbonyl (C=O) groups excluding carboxylic acids is 1. The topological polar surface area (TPSA) is 80.3 Å². The van der Waals surface area contributed by atoms with Gasteiger partial charge < -0.3 is 14.4 Å². The largest absolute Gasteiger partial charge is 0.497 e. The molecule has 1 saturated heterocycles. The van der Waals surface area contributed by atoms with Crippen LogP contribution in [-0.4, -0.2) is 46.8 Å². The van der Waals surface area contributed by atoms with Crippen molar-refractivity contribution in [2.24, 2.45) is 0 Å². The minimum atomic E-state index is -0.0338. The predicted octanol–water partition coefficient (Wildman–Crippen LogP) is 3.79. The van der Waals surface area contributed by atoms with Crippen molar-refractivity contribution in [3.8, 4) is 22.6 Å². The lowest BCUT2D eigenvalue weighted by Crippen LogP contribution is -2.39. The minimum Gasteiger partial charge on any atom is -0.497 e. The van der Waals surface area contributed by atoms with E-state index in [1.165, 1.54) is 0 Å². The summed E-state index contributed by atoms with van der Waals surface area (Å²) >= 11 is 0. The summed E-state index contributed by atoms with van der Waals surface area (Å²) in [5, 5.41) is 7.44. The molecule has 7 heteroatoms. The maximum Gasteiger partial charge on any atom is 0.227 e. The number of hydrogen-bond donors (Lipinski definition) is 1. The lowest BCUT2D eigenvalue weighted by atomic mass is 9.94. The Labute approximate surface area is 176 Å². The molecule has 1 aliphatic rings. The number of amides is 1. The highest BCUT2D eigenvalue weighted by molar-refractivity contribution is 5.80. The quantitative estimate of drug-likeness (QED) is 0.674. The summed E-state index contributed by atoms with van der Waals surface area (Å²) in [5.74, 6) is 1.47. The number of nitrogens with one attached hydrogen (secondary N) is 1. The fraction of sp³-hybridized carbons (Fsp3) is 0.348. The fourth-order valence-corrected chi connectivity index (χ4v) is 4.13. The average Bonchev–Trinajstić information content (AvgIpc) is 3.29. The second kappa shape index (κ2) is 8.98. The first-order chi connectivity index (χ1) is 14.7. The third kappa shape index (κ3) is 4.01. The van der Waals surface area contributed by atoms with Crippen LogP contribution in [0.1, 0.15) is 36.6 Å². The van der Waals surface area contributed by atoms with E-state index in [2.05, 4.69) is 15.2 Å². The number of aromatic amines is 1. The molecule has 1 aromatic carbocycles. The van der Waals surface area contributed by atoms with Crippen molar-refractivity contribution in [1.82, 2.24) is 20.1 Å². The van der Waals surface area contributed by atoms with E-state index in [-0.39, 0.29) is 18.4 Å². The Morgan fingerprint density at radius 3 is 2.77 bits per heavy atom. The van der Waals surface area contributed by atoms with Crippen LogP contribution in [0.15, 0.2) is 48.9 Å². The molecule has 1 N–H and O–H groups in total. The third-order valence-corrected chi connectivity index (χ3v) is 5.65. The Kier molecular flexibility index (Phi) is 5.97. The number of piperidine rings is 1. The number of benzene rings is 1. The lowest BCUT2D eigenvalue weighted by Gasteiger charge is -2.36. The van der Waals surface area contributed by atoms with E-state index in [0.29, 0.717) is 11.5 Å². The van der Waals surface area contributed by atoms with Gasteiger partial charge in [-0.3, -0.25) is 14.9 Å². The molecule has 4 rings (SSSR count). The first-order valence-electron chi connectivity index (χ1n) is 10.1. The molecule has 156 valence electrons. The van der Waals surface area contributed by atoms with Gasteiger partial charge in [0.15, 0.2) is 0 Å². The summed E-state index contributed by atoms with van der Waals surface area (Å²) < 4.78 is 10.8. The highest BCUT2D eigenvalue weighted by Gasteiger charge is 2.31. The standard InChI is InChI=1S/C23H26N4O3/c1-29-18-6-7-21(30-2)17(13-18)14-22(28)27-12-4-3-5-20(27)23-19(15-25-26-23)16-8-10-24-11-9-16/h6-11,13,15,20H,3-5,12,14H2,1-2H3,(H,25,26). The highest BCUT2D eigenvalue weighted by Crippen LogP contribution is 2.36. The summed E-state index contributed by atoms with van der Waals surface area (Å²) in [6.07, 6.45) is 8.60. The van der Waals surface area contributed by atoms with Crippen LogP contribution in [-0.2, 0) is 11.2 Å². The van der Waals surface area contributed by atoms with Crippen molar-refractivity contribution in [2.45, 2.75) is 31.7 Å². The van der Waals surface area contributed by atoms with Crippen LogP contribution >= 0.6 is 0 Å². The minimum absolute atomic E-state index is 0.0338. The molecule has 0 bridgehead atoms. The predicted molar refractivity (Wildman–Crippen MR) is 113 cm³/mol. The van der Waals surface area contributed by atoms with Gasteiger partial charge in [0.05, 0.1) is 38.6 Å². The number of pyridine rings is 1. The Bertz CT molecular complexity index is 1000. The van der Waals surface area contributed by atoms with Gasteiger partial charge in [0.25, 0.3) is 0 Å². The summed E-state index contributed by atoms with van der Waals surface area (Å²) in [6, 6.07) is 9.44. The van der Waals surface area contributed by atoms with E-state index in [0.717, 1.165) is 48.2 Å². The van der Waals surface area contributed by atoms with Crippen LogP contribution in [0.5, 0.6) is 11.5 Å². The van der Waals surface area contributed by atoms with Crippen LogP contribution in [0.3, 0.4) is 0 Å². The van der Waals surface area contributed by atoms with E-state index in [4.69, 9.17) is 9.47 Å². The Morgan fingerprint density at radius 2 is 2.00 bits per heavy atom. The molecule has 2 aromatic heterocycles. The molecule has 0 spiro atoms. The highest BCUT2D eigenvalue weighted by atomic mass is 16.5. The lowest BCUT2D eigenvalue weighted by molar-refractivity contribution is -0.134. The van der Waals surface area contributed by atoms with Crippen LogP contribution < -0.4 is 9.47 Å². The van der Waals surface area contributed by atoms with Gasteiger partial charge in [-0.15, -0.1) is 0 Å². The van der Waals surface area contributed by atoms with Gasteiger partial charge >= 0.3 is 0 Å². The summed E-state index contributed by atoms with van der Waals surface area (Å²) in [7, 11) is 3.23. The number of ether oxygens (including phenoxy) is 2. The van der Waals surface area contributed by atoms with Gasteiger partial charge in [0, 0.05) is 30.1 Å². The molecule has 3 aromatic rings. The van der Waals surface area contributed by atoms with E-state index in [1.54, 1.807) is 26.6 Å². The molecule has 0 aliphatic carbocycles. The number of likely N-dealkylation sites (tertiary alicyclic amines) is 1. The van der Waals surface area contributed by atoms with Gasteiger partial charge in [0.2, 0.25) is 5.91 Å². The molecule has 1 aliphatic heterocycles. The second-order valence-electron chi connectivity index (χ2n) is 7.39. The van der Waals surface area contributed by atoms with Crippen molar-refractivity contribution < 1.29 is 14.3 Å². The molecule has 7 nitrogen and oxygen atoms in total. The zero-order valence-electron chi connectivity index (χ0n) is 17.3. The zero-order valence-corrected chi connectivity index (χ0v) is 17.3. The molecule has 0 saturated carbocycles. The summed E-state index contributed by atoms with van der Waals surface area (Å²) in [6.45, 7) is 0.727. The van der Waals surface area contributed by atoms with E-state index in [1.807, 2.05) is 41.4 Å². The smallest absolute Gasteiger partial charge is 0.227 e. The number of rotatable bonds is 6. The Hall–Kier alpha value is -3.35. The number of methoxy groups -OCH3 is 2. The van der Waals surface area contributed by atoms with Crippen LogP contribution in [0.25, 0.3) is 11.1 Å². The fourth-order valence-electron chi connectivity index (χ4n) is 4.13. The first-order valence-corrected chi connectivity index (χ1v) is 10.1. The van der Waals surface area contributed by atoms with Gasteiger partial charge in [-0.1, -0.05) is 0 Å². The van der Waals surface area contributed by atoms with Gasteiger partial charge in [-0.05, 0) is 55.2 Å². The number of hydrogen-bond acceptors (Lipinski definition) is 5. The number of nitrogens with zero attached hydrogens (tertiary/aromatic N) is 3. The van der Waals surface area contributed by atoms with Crippen molar-refractivity contribution >= 4 is 5.91 Å². The molecule has 1 fully saturated rings. The third-order valence-electron chi connectivity index (χ3n) is 5.65. The van der Waals surface area contributed by atoms with Crippen molar-refractivity contribution in [2.75, 3.05) is 20.8 Å². The molecule has 3 heterocycles. The number of carbonyl (C=O) groups is 1. The van der Waals surface area contributed by atoms with Gasteiger partial charge in [-0.2, -0.15) is 5.10 Å². The Balaban J connectivity index is 1.61. The normalized spacial score (nSPS) is 16.3. The average molecular weight is 406 g/mol. The molecule has 1 unspecified atom stereocenters. The molecule has 30 heavy (non-hydrogen) atoms. The van der Waals surface area contributed by atoms with E-state index in [9.17, 15) is 4.79 Å². The van der Waals surface area contributed by atoms with E-state index >= 15 is 0 Å². The van der Waals surface area contributed by atoms with Gasteiger partial charge in [0.1, 0.15) is 11.5 Å². The van der Waals surface area contributed by atoms with Crippen LogP contribution in [0, 0.1) is 0 Å². The first kappa shape index (κ1) is 19.9. The summed E-state index contributed by atoms with van der Waals surface area (Å²) in [4.78, 5) is 19.4. The SMILES string of the molecule is COc1ccc(OC)c(CC(=O)N2CCCCC2c2[nH]ncc2-c2ccncc2)c1.